The summed E-state index contributed by atoms with van der Waals surface area (Å²) < 4.78 is 45.9. The van der Waals surface area contributed by atoms with Gasteiger partial charge in [-0.2, -0.15) is 13.2 Å². The van der Waals surface area contributed by atoms with Crippen molar-refractivity contribution in [2.24, 2.45) is 5.92 Å². The number of ether oxygens (including phenoxy) is 2. The quantitative estimate of drug-likeness (QED) is 0.557. The van der Waals surface area contributed by atoms with Crippen molar-refractivity contribution < 1.29 is 27.4 Å². The highest BCUT2D eigenvalue weighted by atomic mass is 19.4. The maximum absolute atomic E-state index is 12.1. The summed E-state index contributed by atoms with van der Waals surface area (Å²) in [6.07, 6.45) is -2.92. The Hall–Kier alpha value is -1.06. The minimum atomic E-state index is -4.26. The normalized spacial score (nSPS) is 16.3. The minimum absolute atomic E-state index is 0.0676. The van der Waals surface area contributed by atoms with E-state index >= 15 is 0 Å². The van der Waals surface area contributed by atoms with E-state index in [1.165, 1.54) is 0 Å². The fraction of sp³-hybridized carbons (Fsp3) is 0.941. The molecule has 0 unspecified atom stereocenters. The van der Waals surface area contributed by atoms with Gasteiger partial charge >= 0.3 is 12.2 Å². The molecule has 2 amide bonds. The van der Waals surface area contributed by atoms with Crippen molar-refractivity contribution in [3.63, 3.8) is 0 Å². The van der Waals surface area contributed by atoms with Gasteiger partial charge in [-0.25, -0.2) is 4.79 Å². The molecule has 1 N–H and O–H groups in total. The second kappa shape index (κ2) is 12.3. The van der Waals surface area contributed by atoms with Crippen LogP contribution in [0.5, 0.6) is 0 Å². The number of hydrogen-bond donors (Lipinski definition) is 1. The van der Waals surface area contributed by atoms with E-state index in [2.05, 4.69) is 28.8 Å². The van der Waals surface area contributed by atoms with E-state index in [0.717, 1.165) is 26.1 Å². The first-order chi connectivity index (χ1) is 12.3. The van der Waals surface area contributed by atoms with E-state index in [1.54, 1.807) is 4.90 Å². The maximum Gasteiger partial charge on any atom is 0.411 e. The zero-order valence-electron chi connectivity index (χ0n) is 15.8. The number of rotatable bonds is 11. The molecule has 0 spiro atoms. The van der Waals surface area contributed by atoms with Crippen LogP contribution in [0, 0.1) is 5.92 Å². The van der Waals surface area contributed by atoms with Gasteiger partial charge < -0.3 is 19.7 Å². The summed E-state index contributed by atoms with van der Waals surface area (Å²) >= 11 is 0. The van der Waals surface area contributed by atoms with Crippen LogP contribution in [0.25, 0.3) is 0 Å². The van der Waals surface area contributed by atoms with Crippen LogP contribution in [0.4, 0.5) is 18.0 Å². The van der Waals surface area contributed by atoms with E-state index in [1.807, 2.05) is 0 Å². The molecule has 6 nitrogen and oxygen atoms in total. The minimum Gasteiger partial charge on any atom is -0.381 e. The van der Waals surface area contributed by atoms with Gasteiger partial charge in [0.05, 0.1) is 0 Å². The molecule has 1 fully saturated rings. The molecule has 0 radical (unpaired) electrons. The average Bonchev–Trinajstić information content (AvgIpc) is 2.56. The molecule has 154 valence electrons. The van der Waals surface area contributed by atoms with E-state index in [-0.39, 0.29) is 12.6 Å². The first-order valence-corrected chi connectivity index (χ1v) is 9.25. The summed E-state index contributed by atoms with van der Waals surface area (Å²) in [6.45, 7) is 8.44. The smallest absolute Gasteiger partial charge is 0.381 e. The molecule has 0 aromatic heterocycles. The van der Waals surface area contributed by atoms with Crippen molar-refractivity contribution in [2.45, 2.75) is 32.9 Å². The molecule has 1 rings (SSSR count). The van der Waals surface area contributed by atoms with Gasteiger partial charge in [0, 0.05) is 59.1 Å². The monoisotopic (exact) mass is 383 g/mol. The molecule has 1 aliphatic heterocycles. The van der Waals surface area contributed by atoms with Crippen molar-refractivity contribution in [3.05, 3.63) is 0 Å². The van der Waals surface area contributed by atoms with Gasteiger partial charge in [0.25, 0.3) is 0 Å². The van der Waals surface area contributed by atoms with E-state index in [9.17, 15) is 18.0 Å². The molecule has 0 aromatic rings. The molecule has 0 bridgehead atoms. The number of nitrogens with one attached hydrogen (secondary N) is 1. The lowest BCUT2D eigenvalue weighted by Crippen LogP contribution is -2.52. The van der Waals surface area contributed by atoms with Crippen LogP contribution in [0.15, 0.2) is 0 Å². The molecule has 1 heterocycles. The lowest BCUT2D eigenvalue weighted by molar-refractivity contribution is -0.174. The Morgan fingerprint density at radius 1 is 1.08 bits per heavy atom. The Balaban J connectivity index is 2.02. The van der Waals surface area contributed by atoms with E-state index < -0.39 is 12.8 Å². The van der Waals surface area contributed by atoms with E-state index in [0.29, 0.717) is 45.1 Å². The van der Waals surface area contributed by atoms with Crippen LogP contribution in [-0.4, -0.2) is 87.7 Å². The number of carbonyl (C=O) groups excluding carboxylic acids is 1. The van der Waals surface area contributed by atoms with Crippen molar-refractivity contribution in [1.82, 2.24) is 15.1 Å². The molecule has 9 heteroatoms. The topological polar surface area (TPSA) is 54.0 Å². The Morgan fingerprint density at radius 2 is 1.73 bits per heavy atom. The average molecular weight is 383 g/mol. The number of carbonyl (C=O) groups is 1. The Bertz CT molecular complexity index is 387. The van der Waals surface area contributed by atoms with Gasteiger partial charge in [-0.05, 0) is 18.8 Å². The molecule has 0 saturated carbocycles. The highest BCUT2D eigenvalue weighted by Gasteiger charge is 2.27. The fourth-order valence-electron chi connectivity index (χ4n) is 2.55. The number of halogens is 3. The zero-order chi connectivity index (χ0) is 19.4. The van der Waals surface area contributed by atoms with Crippen molar-refractivity contribution in [2.75, 3.05) is 65.7 Å². The third-order valence-corrected chi connectivity index (χ3v) is 3.88. The lowest BCUT2D eigenvalue weighted by Gasteiger charge is -2.34. The van der Waals surface area contributed by atoms with Gasteiger partial charge in [0.15, 0.2) is 0 Å². The van der Waals surface area contributed by atoms with E-state index in [4.69, 9.17) is 4.74 Å². The molecule has 1 aliphatic rings. The summed E-state index contributed by atoms with van der Waals surface area (Å²) in [6, 6.07) is -0.0676. The molecular weight excluding hydrogens is 351 g/mol. The van der Waals surface area contributed by atoms with Crippen LogP contribution in [-0.2, 0) is 9.47 Å². The maximum atomic E-state index is 12.1. The number of urea groups is 1. The second-order valence-corrected chi connectivity index (χ2v) is 6.90. The summed E-state index contributed by atoms with van der Waals surface area (Å²) in [4.78, 5) is 16.0. The summed E-state index contributed by atoms with van der Waals surface area (Å²) in [7, 11) is 0. The van der Waals surface area contributed by atoms with Crippen LogP contribution in [0.1, 0.15) is 26.7 Å². The Kier molecular flexibility index (Phi) is 10.9. The molecule has 0 aromatic carbocycles. The Morgan fingerprint density at radius 3 is 2.35 bits per heavy atom. The summed E-state index contributed by atoms with van der Waals surface area (Å²) in [5, 5.41) is 2.89. The largest absolute Gasteiger partial charge is 0.411 e. The van der Waals surface area contributed by atoms with Gasteiger partial charge in [-0.1, -0.05) is 13.8 Å². The van der Waals surface area contributed by atoms with Crippen molar-refractivity contribution in [3.8, 4) is 0 Å². The Labute approximate surface area is 154 Å². The summed E-state index contributed by atoms with van der Waals surface area (Å²) in [5.41, 5.74) is 0. The molecule has 0 aliphatic carbocycles. The number of nitrogens with zero attached hydrogens (tertiary/aromatic N) is 2. The first kappa shape index (κ1) is 23.0. The number of alkyl halides is 3. The van der Waals surface area contributed by atoms with Crippen molar-refractivity contribution >= 4 is 6.03 Å². The second-order valence-electron chi connectivity index (χ2n) is 6.90. The fourth-order valence-corrected chi connectivity index (χ4v) is 2.55. The predicted molar refractivity (Wildman–Crippen MR) is 93.2 cm³/mol. The lowest BCUT2D eigenvalue weighted by atomic mass is 10.2. The number of piperazine rings is 1. The molecule has 1 saturated heterocycles. The van der Waals surface area contributed by atoms with Crippen LogP contribution >= 0.6 is 0 Å². The van der Waals surface area contributed by atoms with Gasteiger partial charge in [-0.15, -0.1) is 0 Å². The zero-order valence-corrected chi connectivity index (χ0v) is 15.8. The molecule has 0 atom stereocenters. The van der Waals surface area contributed by atoms with Crippen LogP contribution < -0.4 is 5.32 Å². The predicted octanol–water partition coefficient (Wildman–Crippen LogP) is 2.35. The van der Waals surface area contributed by atoms with Gasteiger partial charge in [0.1, 0.15) is 6.61 Å². The standard InChI is InChI=1S/C17H32F3N3O3/c1-15(2)13-25-11-3-5-21-16(24)23-9-7-22(8-10-23)6-4-12-26-14-17(18,19)20/h15H,3-14H2,1-2H3,(H,21,24). The van der Waals surface area contributed by atoms with Gasteiger partial charge in [0.2, 0.25) is 0 Å². The van der Waals surface area contributed by atoms with Gasteiger partial charge in [-0.3, -0.25) is 4.90 Å². The number of hydrogen-bond acceptors (Lipinski definition) is 4. The highest BCUT2D eigenvalue weighted by molar-refractivity contribution is 5.74. The SMILES string of the molecule is CC(C)COCCCNC(=O)N1CCN(CCCOCC(F)(F)F)CC1. The van der Waals surface area contributed by atoms with Crippen molar-refractivity contribution in [1.29, 1.82) is 0 Å². The first-order valence-electron chi connectivity index (χ1n) is 9.25. The van der Waals surface area contributed by atoms with Crippen LogP contribution in [0.3, 0.4) is 0 Å². The highest BCUT2D eigenvalue weighted by Crippen LogP contribution is 2.14. The third kappa shape index (κ3) is 11.5. The van der Waals surface area contributed by atoms with Crippen LogP contribution in [0.2, 0.25) is 0 Å². The number of amides is 2. The molecular formula is C17H32F3N3O3. The summed E-state index contributed by atoms with van der Waals surface area (Å²) in [5.74, 6) is 0.511. The molecule has 26 heavy (non-hydrogen) atoms. The third-order valence-electron chi connectivity index (χ3n) is 3.88.